The predicted octanol–water partition coefficient (Wildman–Crippen LogP) is 5.13. The van der Waals surface area contributed by atoms with Gasteiger partial charge in [0.2, 0.25) is 0 Å². The van der Waals surface area contributed by atoms with E-state index in [1.54, 1.807) is 0 Å². The number of benzene rings is 3. The molecule has 3 aromatic carbocycles. The Kier molecular flexibility index (Phi) is 3.72. The van der Waals surface area contributed by atoms with Crippen molar-refractivity contribution >= 4 is 5.78 Å². The number of rotatable bonds is 3. The fraction of sp³-hybridized carbons (Fsp3) is 0. The number of fused-ring (bicyclic) bond motifs is 1. The maximum atomic E-state index is 4.77. The van der Waals surface area contributed by atoms with Crippen molar-refractivity contribution in [2.75, 3.05) is 0 Å². The average Bonchev–Trinajstić information content (AvgIpc) is 3.19. The lowest BCUT2D eigenvalue weighted by Crippen LogP contribution is -1.98. The van der Waals surface area contributed by atoms with Gasteiger partial charge in [-0.05, 0) is 6.07 Å². The van der Waals surface area contributed by atoms with Crippen molar-refractivity contribution < 1.29 is 0 Å². The van der Waals surface area contributed by atoms with Crippen LogP contribution in [0.1, 0.15) is 0 Å². The smallest absolute Gasteiger partial charge is 0.211 e. The van der Waals surface area contributed by atoms with E-state index < -0.39 is 0 Å². The van der Waals surface area contributed by atoms with E-state index in [9.17, 15) is 0 Å². The molecule has 5 aromatic rings. The summed E-state index contributed by atoms with van der Waals surface area (Å²) in [5.74, 6) is 1.26. The Morgan fingerprint density at radius 1 is 0.556 bits per heavy atom. The van der Waals surface area contributed by atoms with Crippen molar-refractivity contribution in [1.29, 1.82) is 0 Å². The first-order valence-electron chi connectivity index (χ1n) is 8.82. The molecule has 0 unspecified atom stereocenters. The lowest BCUT2D eigenvalue weighted by molar-refractivity contribution is 0.953. The summed E-state index contributed by atoms with van der Waals surface area (Å²) in [6, 6.07) is 32.4. The molecule has 0 amide bonds. The van der Waals surface area contributed by atoms with E-state index in [4.69, 9.17) is 15.1 Å². The molecule has 0 fully saturated rings. The fourth-order valence-corrected chi connectivity index (χ4v) is 3.15. The van der Waals surface area contributed by atoms with Gasteiger partial charge in [0, 0.05) is 16.7 Å². The molecule has 128 valence electrons. The first-order valence-corrected chi connectivity index (χ1v) is 8.82. The zero-order valence-corrected chi connectivity index (χ0v) is 14.5. The molecule has 0 saturated carbocycles. The maximum absolute atomic E-state index is 4.77. The van der Waals surface area contributed by atoms with E-state index in [1.165, 1.54) is 0 Å². The van der Waals surface area contributed by atoms with E-state index in [2.05, 4.69) is 30.3 Å². The van der Waals surface area contributed by atoms with Crippen molar-refractivity contribution in [2.24, 2.45) is 0 Å². The van der Waals surface area contributed by atoms with Crippen LogP contribution in [0.3, 0.4) is 0 Å². The van der Waals surface area contributed by atoms with Crippen LogP contribution in [0.25, 0.3) is 39.7 Å². The van der Waals surface area contributed by atoms with Gasteiger partial charge in [-0.25, -0.2) is 4.98 Å². The zero-order valence-electron chi connectivity index (χ0n) is 14.5. The Bertz CT molecular complexity index is 1200. The van der Waals surface area contributed by atoms with Gasteiger partial charge in [0.1, 0.15) is 0 Å². The molecule has 0 aliphatic carbocycles. The summed E-state index contributed by atoms with van der Waals surface area (Å²) in [7, 11) is 0. The Balaban J connectivity index is 1.78. The normalized spacial score (nSPS) is 11.0. The van der Waals surface area contributed by atoms with E-state index in [-0.39, 0.29) is 0 Å². The highest BCUT2D eigenvalue weighted by atomic mass is 15.3. The molecule has 0 saturated heterocycles. The van der Waals surface area contributed by atoms with Gasteiger partial charge < -0.3 is 0 Å². The van der Waals surface area contributed by atoms with Crippen molar-refractivity contribution in [3.05, 3.63) is 97.1 Å². The van der Waals surface area contributed by atoms with Gasteiger partial charge in [-0.3, -0.25) is 0 Å². The van der Waals surface area contributed by atoms with Crippen LogP contribution in [0.5, 0.6) is 0 Å². The van der Waals surface area contributed by atoms with E-state index in [0.29, 0.717) is 11.6 Å². The zero-order chi connectivity index (χ0) is 18.1. The van der Waals surface area contributed by atoms with Gasteiger partial charge >= 0.3 is 0 Å². The summed E-state index contributed by atoms with van der Waals surface area (Å²) in [5, 5.41) is 4.74. The van der Waals surface area contributed by atoms with Crippen molar-refractivity contribution in [3.63, 3.8) is 0 Å². The van der Waals surface area contributed by atoms with E-state index in [1.807, 2.05) is 71.2 Å². The Morgan fingerprint density at radius 3 is 1.74 bits per heavy atom. The maximum Gasteiger partial charge on any atom is 0.253 e. The summed E-state index contributed by atoms with van der Waals surface area (Å²) in [6.07, 6.45) is 0. The number of hydrogen-bond acceptors (Lipinski definition) is 3. The summed E-state index contributed by atoms with van der Waals surface area (Å²) in [6.45, 7) is 0. The van der Waals surface area contributed by atoms with Crippen LogP contribution >= 0.6 is 0 Å². The van der Waals surface area contributed by atoms with Gasteiger partial charge in [0.25, 0.3) is 5.78 Å². The van der Waals surface area contributed by atoms with Gasteiger partial charge in [-0.15, -0.1) is 5.10 Å². The van der Waals surface area contributed by atoms with Crippen LogP contribution in [-0.2, 0) is 0 Å². The van der Waals surface area contributed by atoms with Crippen molar-refractivity contribution in [2.45, 2.75) is 0 Å². The number of aromatic nitrogens is 4. The van der Waals surface area contributed by atoms with Crippen LogP contribution in [0, 0.1) is 0 Å². The molecule has 4 heteroatoms. The molecular weight excluding hydrogens is 332 g/mol. The predicted molar refractivity (Wildman–Crippen MR) is 107 cm³/mol. The van der Waals surface area contributed by atoms with Crippen LogP contribution < -0.4 is 0 Å². The standard InChI is InChI=1S/C23H16N4/c1-4-10-17(11-5-1)20-16-21(18-12-6-2-7-13-18)27-23(24-20)25-22(26-27)19-14-8-3-9-15-19/h1-16H. The second-order valence-electron chi connectivity index (χ2n) is 6.27. The molecule has 0 radical (unpaired) electrons. The molecule has 0 spiro atoms. The summed E-state index contributed by atoms with van der Waals surface area (Å²) >= 11 is 0. The molecule has 0 aliphatic rings. The number of hydrogen-bond donors (Lipinski definition) is 0. The van der Waals surface area contributed by atoms with Crippen LogP contribution in [0.4, 0.5) is 0 Å². The molecule has 0 atom stereocenters. The summed E-state index contributed by atoms with van der Waals surface area (Å²) in [4.78, 5) is 9.46. The third-order valence-electron chi connectivity index (χ3n) is 4.48. The van der Waals surface area contributed by atoms with Crippen LogP contribution in [0.2, 0.25) is 0 Å². The first-order chi connectivity index (χ1) is 13.4. The van der Waals surface area contributed by atoms with Gasteiger partial charge in [0.05, 0.1) is 11.4 Å². The molecule has 5 rings (SSSR count). The minimum Gasteiger partial charge on any atom is -0.211 e. The Hall–Kier alpha value is -3.79. The minimum atomic E-state index is 0.592. The monoisotopic (exact) mass is 348 g/mol. The van der Waals surface area contributed by atoms with Gasteiger partial charge in [-0.2, -0.15) is 9.50 Å². The average molecular weight is 348 g/mol. The fourth-order valence-electron chi connectivity index (χ4n) is 3.15. The molecule has 2 aromatic heterocycles. The topological polar surface area (TPSA) is 43.1 Å². The SMILES string of the molecule is c1ccc(-c2cc(-c3ccccc3)n3nc(-c4ccccc4)nc3n2)cc1. The highest BCUT2D eigenvalue weighted by molar-refractivity contribution is 5.71. The van der Waals surface area contributed by atoms with Gasteiger partial charge in [-0.1, -0.05) is 91.0 Å². The minimum absolute atomic E-state index is 0.592. The second-order valence-corrected chi connectivity index (χ2v) is 6.27. The molecule has 0 bridgehead atoms. The summed E-state index contributed by atoms with van der Waals surface area (Å²) in [5.41, 5.74) is 4.96. The third kappa shape index (κ3) is 2.87. The molecule has 2 heterocycles. The lowest BCUT2D eigenvalue weighted by Gasteiger charge is -2.07. The second kappa shape index (κ2) is 6.50. The molecule has 27 heavy (non-hydrogen) atoms. The van der Waals surface area contributed by atoms with Crippen LogP contribution in [-0.4, -0.2) is 19.6 Å². The van der Waals surface area contributed by atoms with E-state index >= 15 is 0 Å². The van der Waals surface area contributed by atoms with Crippen LogP contribution in [0.15, 0.2) is 97.1 Å². The molecular formula is C23H16N4. The highest BCUT2D eigenvalue weighted by Crippen LogP contribution is 2.27. The Labute approximate surface area is 156 Å². The van der Waals surface area contributed by atoms with Gasteiger partial charge in [0.15, 0.2) is 5.82 Å². The largest absolute Gasteiger partial charge is 0.253 e. The molecule has 0 aliphatic heterocycles. The van der Waals surface area contributed by atoms with E-state index in [0.717, 1.165) is 28.1 Å². The first kappa shape index (κ1) is 15.5. The summed E-state index contributed by atoms with van der Waals surface area (Å²) < 4.78 is 1.82. The lowest BCUT2D eigenvalue weighted by atomic mass is 10.1. The van der Waals surface area contributed by atoms with Crippen molar-refractivity contribution in [1.82, 2.24) is 19.6 Å². The van der Waals surface area contributed by atoms with Crippen molar-refractivity contribution in [3.8, 4) is 33.9 Å². The third-order valence-corrected chi connectivity index (χ3v) is 4.48. The molecule has 4 nitrogen and oxygen atoms in total. The quantitative estimate of drug-likeness (QED) is 0.454. The number of nitrogens with zero attached hydrogens (tertiary/aromatic N) is 4. The molecule has 0 N–H and O–H groups in total. The Morgan fingerprint density at radius 2 is 1.11 bits per heavy atom. The highest BCUT2D eigenvalue weighted by Gasteiger charge is 2.14.